The molecule has 0 bridgehead atoms. The first-order chi connectivity index (χ1) is 12.2. The Hall–Kier alpha value is -2.16. The van der Waals surface area contributed by atoms with Crippen molar-refractivity contribution in [3.05, 3.63) is 40.5 Å². The highest BCUT2D eigenvalue weighted by atomic mass is 32.1. The lowest BCUT2D eigenvalue weighted by molar-refractivity contribution is -0.932. The summed E-state index contributed by atoms with van der Waals surface area (Å²) < 4.78 is 12.4. The molecule has 8 heteroatoms. The van der Waals surface area contributed by atoms with E-state index in [1.165, 1.54) is 20.8 Å². The van der Waals surface area contributed by atoms with Crippen LogP contribution < -0.4 is 9.64 Å². The highest BCUT2D eigenvalue weighted by Gasteiger charge is 2.34. The Kier molecular flexibility index (Phi) is 4.32. The van der Waals surface area contributed by atoms with Gasteiger partial charge in [-0.05, 0) is 19.1 Å². The lowest BCUT2D eigenvalue weighted by atomic mass is 10.0. The van der Waals surface area contributed by atoms with Crippen molar-refractivity contribution in [2.45, 2.75) is 13.0 Å². The summed E-state index contributed by atoms with van der Waals surface area (Å²) in [6, 6.07) is 8.03. The van der Waals surface area contributed by atoms with E-state index in [0.29, 0.717) is 10.8 Å². The maximum absolute atomic E-state index is 10.8. The van der Waals surface area contributed by atoms with Crippen LogP contribution >= 0.6 is 11.3 Å². The van der Waals surface area contributed by atoms with Gasteiger partial charge in [0.05, 0.1) is 20.3 Å². The standard InChI is InChI=1S/C17H20N4O3S/c1-11-18-17-21(19-11)16(22)15(25-17)14(20-6-8-24-9-7-20)12-4-3-5-13(10-12)23-2/h3-5,10,14,22H,6-9H2,1-2H3/p+1/t14-/m1/s1. The van der Waals surface area contributed by atoms with E-state index in [1.807, 2.05) is 25.1 Å². The van der Waals surface area contributed by atoms with E-state index in [1.54, 1.807) is 7.11 Å². The number of aromatic hydroxyl groups is 1. The van der Waals surface area contributed by atoms with Gasteiger partial charge >= 0.3 is 0 Å². The highest BCUT2D eigenvalue weighted by molar-refractivity contribution is 7.17. The predicted octanol–water partition coefficient (Wildman–Crippen LogP) is 0.818. The van der Waals surface area contributed by atoms with Crippen molar-refractivity contribution >= 4 is 16.3 Å². The van der Waals surface area contributed by atoms with Crippen molar-refractivity contribution in [3.8, 4) is 11.6 Å². The molecule has 1 aromatic carbocycles. The topological polar surface area (TPSA) is 73.3 Å². The van der Waals surface area contributed by atoms with Crippen LogP contribution in [0, 0.1) is 6.92 Å². The molecule has 7 nitrogen and oxygen atoms in total. The van der Waals surface area contributed by atoms with Gasteiger partial charge in [-0.15, -0.1) is 5.10 Å². The molecule has 4 rings (SSSR count). The summed E-state index contributed by atoms with van der Waals surface area (Å²) in [5.74, 6) is 1.64. The van der Waals surface area contributed by atoms with Crippen LogP contribution in [0.1, 0.15) is 22.3 Å². The van der Waals surface area contributed by atoms with Gasteiger partial charge in [-0.3, -0.25) is 0 Å². The van der Waals surface area contributed by atoms with Crippen LogP contribution in [-0.4, -0.2) is 53.1 Å². The number of aryl methyl sites for hydroxylation is 1. The molecule has 1 saturated heterocycles. The summed E-state index contributed by atoms with van der Waals surface area (Å²) in [6.07, 6.45) is 0. The second-order valence-electron chi connectivity index (χ2n) is 6.12. The summed E-state index contributed by atoms with van der Waals surface area (Å²) in [5.41, 5.74) is 1.10. The fraction of sp³-hybridized carbons (Fsp3) is 0.412. The van der Waals surface area contributed by atoms with Crippen LogP contribution in [0.5, 0.6) is 11.6 Å². The molecule has 2 aromatic heterocycles. The smallest absolute Gasteiger partial charge is 0.235 e. The quantitative estimate of drug-likeness (QED) is 0.720. The molecule has 0 spiro atoms. The Bertz CT molecular complexity index is 885. The number of aromatic nitrogens is 3. The number of methoxy groups -OCH3 is 1. The number of hydrogen-bond donors (Lipinski definition) is 2. The van der Waals surface area contributed by atoms with E-state index in [-0.39, 0.29) is 11.9 Å². The van der Waals surface area contributed by atoms with Gasteiger partial charge in [-0.1, -0.05) is 23.5 Å². The molecule has 1 atom stereocenters. The van der Waals surface area contributed by atoms with Gasteiger partial charge in [-0.25, -0.2) is 4.98 Å². The van der Waals surface area contributed by atoms with Crippen LogP contribution in [-0.2, 0) is 4.74 Å². The zero-order chi connectivity index (χ0) is 17.4. The van der Waals surface area contributed by atoms with Crippen molar-refractivity contribution < 1.29 is 19.5 Å². The SMILES string of the molecule is COc1cccc([C@H](c2sc3nc(C)nn3c2O)[NH+]2CCOCC2)c1. The summed E-state index contributed by atoms with van der Waals surface area (Å²) in [6.45, 7) is 5.03. The zero-order valence-corrected chi connectivity index (χ0v) is 15.0. The molecule has 1 aliphatic heterocycles. The Morgan fingerprint density at radius 1 is 1.36 bits per heavy atom. The zero-order valence-electron chi connectivity index (χ0n) is 14.2. The van der Waals surface area contributed by atoms with Crippen molar-refractivity contribution in [1.82, 2.24) is 14.6 Å². The molecule has 0 aliphatic carbocycles. The molecule has 25 heavy (non-hydrogen) atoms. The van der Waals surface area contributed by atoms with E-state index in [0.717, 1.165) is 42.5 Å². The first kappa shape index (κ1) is 16.3. The predicted molar refractivity (Wildman–Crippen MR) is 93.6 cm³/mol. The average Bonchev–Trinajstić information content (AvgIpc) is 3.14. The van der Waals surface area contributed by atoms with Crippen LogP contribution in [0.3, 0.4) is 0 Å². The van der Waals surface area contributed by atoms with E-state index in [9.17, 15) is 5.11 Å². The molecule has 0 unspecified atom stereocenters. The number of nitrogens with zero attached hydrogens (tertiary/aromatic N) is 3. The third-order valence-corrected chi connectivity index (χ3v) is 5.62. The van der Waals surface area contributed by atoms with Gasteiger partial charge in [0.25, 0.3) is 0 Å². The molecule has 3 heterocycles. The Morgan fingerprint density at radius 2 is 2.16 bits per heavy atom. The summed E-state index contributed by atoms with van der Waals surface area (Å²) in [7, 11) is 1.67. The second-order valence-corrected chi connectivity index (χ2v) is 7.13. The maximum Gasteiger partial charge on any atom is 0.235 e. The van der Waals surface area contributed by atoms with Crippen LogP contribution in [0.4, 0.5) is 0 Å². The monoisotopic (exact) mass is 361 g/mol. The molecular formula is C17H21N4O3S+. The normalized spacial score (nSPS) is 17.0. The van der Waals surface area contributed by atoms with Gasteiger partial charge in [-0.2, -0.15) is 4.52 Å². The molecule has 1 fully saturated rings. The lowest BCUT2D eigenvalue weighted by Gasteiger charge is -2.31. The molecule has 132 valence electrons. The Balaban J connectivity index is 1.83. The third-order valence-electron chi connectivity index (χ3n) is 4.54. The number of morpholine rings is 1. The van der Waals surface area contributed by atoms with Crippen molar-refractivity contribution in [1.29, 1.82) is 0 Å². The van der Waals surface area contributed by atoms with Crippen molar-refractivity contribution in [2.24, 2.45) is 0 Å². The van der Waals surface area contributed by atoms with Crippen LogP contribution in [0.2, 0.25) is 0 Å². The molecule has 2 N–H and O–H groups in total. The van der Waals surface area contributed by atoms with Gasteiger partial charge < -0.3 is 19.5 Å². The Morgan fingerprint density at radius 3 is 2.88 bits per heavy atom. The van der Waals surface area contributed by atoms with E-state index in [2.05, 4.69) is 16.1 Å². The fourth-order valence-electron chi connectivity index (χ4n) is 3.35. The maximum atomic E-state index is 10.8. The van der Waals surface area contributed by atoms with Gasteiger partial charge in [0.2, 0.25) is 10.8 Å². The minimum absolute atomic E-state index is 0.00666. The first-order valence-corrected chi connectivity index (χ1v) is 9.10. The van der Waals surface area contributed by atoms with E-state index in [4.69, 9.17) is 9.47 Å². The first-order valence-electron chi connectivity index (χ1n) is 8.28. The summed E-state index contributed by atoms with van der Waals surface area (Å²) in [4.78, 5) is 7.35. The average molecular weight is 361 g/mol. The number of nitrogens with one attached hydrogen (secondary N) is 1. The lowest BCUT2D eigenvalue weighted by Crippen LogP contribution is -3.14. The van der Waals surface area contributed by atoms with Crippen LogP contribution in [0.25, 0.3) is 4.96 Å². The number of thiazole rings is 1. The third kappa shape index (κ3) is 2.97. The number of fused-ring (bicyclic) bond motifs is 1. The summed E-state index contributed by atoms with van der Waals surface area (Å²) >= 11 is 1.49. The molecule has 1 aliphatic rings. The minimum Gasteiger partial charge on any atom is -0.497 e. The van der Waals surface area contributed by atoms with E-state index < -0.39 is 0 Å². The van der Waals surface area contributed by atoms with E-state index >= 15 is 0 Å². The largest absolute Gasteiger partial charge is 0.497 e. The fourth-order valence-corrected chi connectivity index (χ4v) is 4.54. The van der Waals surface area contributed by atoms with Gasteiger partial charge in [0, 0.05) is 5.56 Å². The number of quaternary nitrogens is 1. The molecule has 0 amide bonds. The molecular weight excluding hydrogens is 340 g/mol. The number of hydrogen-bond acceptors (Lipinski definition) is 6. The highest BCUT2D eigenvalue weighted by Crippen LogP contribution is 2.35. The second kappa shape index (κ2) is 6.62. The minimum atomic E-state index is -0.00666. The molecule has 0 radical (unpaired) electrons. The number of ether oxygens (including phenoxy) is 2. The molecule has 0 saturated carbocycles. The summed E-state index contributed by atoms with van der Waals surface area (Å²) in [5, 5.41) is 15.1. The number of rotatable bonds is 4. The van der Waals surface area contributed by atoms with Crippen molar-refractivity contribution in [3.63, 3.8) is 0 Å². The van der Waals surface area contributed by atoms with Gasteiger partial charge in [0.15, 0.2) is 6.04 Å². The van der Waals surface area contributed by atoms with Gasteiger partial charge in [0.1, 0.15) is 29.5 Å². The Labute approximate surface area is 149 Å². The van der Waals surface area contributed by atoms with Crippen LogP contribution in [0.15, 0.2) is 24.3 Å². The van der Waals surface area contributed by atoms with Crippen molar-refractivity contribution in [2.75, 3.05) is 33.4 Å². The molecule has 3 aromatic rings. The number of benzene rings is 1.